The highest BCUT2D eigenvalue weighted by Gasteiger charge is 2.81. The van der Waals surface area contributed by atoms with E-state index in [-0.39, 0.29) is 0 Å². The third kappa shape index (κ3) is 1.89. The third-order valence-corrected chi connectivity index (χ3v) is 1.37. The van der Waals surface area contributed by atoms with Crippen molar-refractivity contribution in [1.29, 1.82) is 0 Å². The number of alkyl halides is 9. The lowest BCUT2D eigenvalue weighted by molar-refractivity contribution is -0.380. The normalized spacial score (nSPS) is 15.9. The predicted octanol–water partition coefficient (Wildman–Crippen LogP) is 3.61. The molecule has 0 aliphatic heterocycles. The summed E-state index contributed by atoms with van der Waals surface area (Å²) in [5.41, 5.74) is 0. The molecule has 0 rings (SSSR count). The fourth-order valence-electron chi connectivity index (χ4n) is 0.361. The van der Waals surface area contributed by atoms with Gasteiger partial charge < -0.3 is 0 Å². The fraction of sp³-hybridized carbons (Fsp3) is 1.00. The Morgan fingerprint density at radius 1 is 0.571 bits per heavy atom. The van der Waals surface area contributed by atoms with Crippen molar-refractivity contribution in [3.05, 3.63) is 0 Å². The van der Waals surface area contributed by atoms with Crippen LogP contribution in [0.3, 0.4) is 0 Å². The van der Waals surface area contributed by atoms with Crippen LogP contribution in [-0.4, -0.2) is 23.3 Å². The molecule has 0 bridgehead atoms. The van der Waals surface area contributed by atoms with Gasteiger partial charge in [0.05, 0.1) is 0 Å². The molecule has 0 saturated heterocycles. The van der Waals surface area contributed by atoms with Gasteiger partial charge in [0.2, 0.25) is 0 Å². The van der Waals surface area contributed by atoms with Crippen LogP contribution in [0.2, 0.25) is 0 Å². The first-order valence-electron chi connectivity index (χ1n) is 2.65. The van der Waals surface area contributed by atoms with Gasteiger partial charge in [0.15, 0.2) is 0 Å². The van der Waals surface area contributed by atoms with Crippen LogP contribution in [-0.2, 0) is 0 Å². The highest BCUT2D eigenvalue weighted by Crippen LogP contribution is 2.54. The lowest BCUT2D eigenvalue weighted by Crippen LogP contribution is -2.59. The first-order valence-corrected chi connectivity index (χ1v) is 3.06. The van der Waals surface area contributed by atoms with Gasteiger partial charge >= 0.3 is 23.3 Å². The van der Waals surface area contributed by atoms with Crippen molar-refractivity contribution in [2.24, 2.45) is 0 Å². The minimum Gasteiger partial charge on any atom is -0.191 e. The monoisotopic (exact) mass is 251 g/mol. The quantitative estimate of drug-likeness (QED) is 0.657. The molecule has 10 heteroatoms. The fourth-order valence-corrected chi connectivity index (χ4v) is 0.489. The van der Waals surface area contributed by atoms with E-state index in [9.17, 15) is 39.5 Å². The topological polar surface area (TPSA) is 0 Å². The highest BCUT2D eigenvalue weighted by molar-refractivity contribution is 7.81. The largest absolute Gasteiger partial charge is 0.460 e. The molecule has 14 heavy (non-hydrogen) atoms. The van der Waals surface area contributed by atoms with E-state index in [0.717, 1.165) is 0 Å². The molecule has 0 aliphatic rings. The summed E-state index contributed by atoms with van der Waals surface area (Å²) in [6.07, 6.45) is -6.79. The van der Waals surface area contributed by atoms with Gasteiger partial charge in [-0.2, -0.15) is 39.5 Å². The Labute approximate surface area is 76.5 Å². The predicted molar refractivity (Wildman–Crippen MR) is 28.5 cm³/mol. The van der Waals surface area contributed by atoms with Crippen LogP contribution in [0, 0.1) is 0 Å². The molecular formula is C4F9S. The summed E-state index contributed by atoms with van der Waals surface area (Å²) in [6, 6.07) is 0. The second-order valence-corrected chi connectivity index (χ2v) is 2.68. The molecule has 0 aromatic carbocycles. The van der Waals surface area contributed by atoms with Crippen LogP contribution < -0.4 is 0 Å². The number of hydrogen-bond acceptors (Lipinski definition) is 0. The van der Waals surface area contributed by atoms with Gasteiger partial charge in [0.1, 0.15) is 0 Å². The van der Waals surface area contributed by atoms with Gasteiger partial charge in [0, 0.05) is 0 Å². The van der Waals surface area contributed by atoms with Crippen molar-refractivity contribution in [3.8, 4) is 0 Å². The molecule has 0 spiro atoms. The number of hydrogen-bond donors (Lipinski definition) is 0. The molecule has 0 saturated carbocycles. The molecule has 0 aromatic heterocycles. The molecule has 0 nitrogen and oxygen atoms in total. The SMILES string of the molecule is FC(F)(F)C(F)(F)C(F)(F)C(F)(F)[S]. The molecule has 1 radical (unpaired) electrons. The maximum absolute atomic E-state index is 11.9. The zero-order valence-corrected chi connectivity index (χ0v) is 6.63. The minimum absolute atomic E-state index is 2.57. The zero-order chi connectivity index (χ0) is 12.0. The van der Waals surface area contributed by atoms with Crippen LogP contribution in [0.1, 0.15) is 0 Å². The van der Waals surface area contributed by atoms with Crippen LogP contribution in [0.5, 0.6) is 0 Å². The van der Waals surface area contributed by atoms with E-state index in [4.69, 9.17) is 0 Å². The molecule has 0 N–H and O–H groups in total. The highest BCUT2D eigenvalue weighted by atomic mass is 32.1. The molecule has 0 aliphatic carbocycles. The molecule has 0 aromatic rings. The van der Waals surface area contributed by atoms with E-state index in [0.29, 0.717) is 0 Å². The Bertz CT molecular complexity index is 186. The van der Waals surface area contributed by atoms with E-state index < -0.39 is 23.3 Å². The first kappa shape index (κ1) is 13.7. The maximum Gasteiger partial charge on any atom is 0.460 e. The average Bonchev–Trinajstić information content (AvgIpc) is 1.81. The number of halogens is 9. The summed E-state index contributed by atoms with van der Waals surface area (Å²) < 4.78 is 104. The Hall–Kier alpha value is -0.280. The Morgan fingerprint density at radius 3 is 0.929 bits per heavy atom. The summed E-state index contributed by atoms with van der Waals surface area (Å²) >= 11 is 2.57. The van der Waals surface area contributed by atoms with Crippen molar-refractivity contribution < 1.29 is 39.5 Å². The summed E-state index contributed by atoms with van der Waals surface area (Å²) in [7, 11) is 0. The van der Waals surface area contributed by atoms with Gasteiger partial charge in [-0.25, -0.2) is 0 Å². The van der Waals surface area contributed by atoms with Gasteiger partial charge in [-0.15, -0.1) is 0 Å². The summed E-state index contributed by atoms with van der Waals surface area (Å²) in [4.78, 5) is 0. The smallest absolute Gasteiger partial charge is 0.191 e. The summed E-state index contributed by atoms with van der Waals surface area (Å²) in [5.74, 6) is -13.5. The van der Waals surface area contributed by atoms with E-state index >= 15 is 0 Å². The third-order valence-electron chi connectivity index (χ3n) is 1.12. The number of rotatable bonds is 2. The Balaban J connectivity index is 5.30. The molecule has 0 fully saturated rings. The second kappa shape index (κ2) is 3.11. The van der Waals surface area contributed by atoms with Crippen molar-refractivity contribution in [2.45, 2.75) is 23.3 Å². The van der Waals surface area contributed by atoms with Gasteiger partial charge in [0.25, 0.3) is 0 Å². The molecular weight excluding hydrogens is 251 g/mol. The minimum atomic E-state index is -6.87. The van der Waals surface area contributed by atoms with E-state index in [1.807, 2.05) is 0 Å². The Kier molecular flexibility index (Phi) is 3.04. The van der Waals surface area contributed by atoms with Gasteiger partial charge in [-0.3, -0.25) is 0 Å². The van der Waals surface area contributed by atoms with Crippen molar-refractivity contribution in [3.63, 3.8) is 0 Å². The molecule has 0 heterocycles. The summed E-state index contributed by atoms with van der Waals surface area (Å²) in [6.45, 7) is 0. The van der Waals surface area contributed by atoms with Gasteiger partial charge in [-0.05, 0) is 12.6 Å². The van der Waals surface area contributed by atoms with E-state index in [2.05, 4.69) is 12.6 Å². The standard InChI is InChI=1S/C4F9S/c5-1(6,3(9,10)11)2(7,8)4(12,13)14. The second-order valence-electron chi connectivity index (χ2n) is 2.16. The molecule has 0 unspecified atom stereocenters. The zero-order valence-electron chi connectivity index (χ0n) is 5.81. The molecule has 0 amide bonds. The van der Waals surface area contributed by atoms with E-state index in [1.54, 1.807) is 0 Å². The van der Waals surface area contributed by atoms with E-state index in [1.165, 1.54) is 0 Å². The van der Waals surface area contributed by atoms with Crippen LogP contribution in [0.15, 0.2) is 0 Å². The van der Waals surface area contributed by atoms with Crippen molar-refractivity contribution in [2.75, 3.05) is 0 Å². The molecule has 0 atom stereocenters. The van der Waals surface area contributed by atoms with Crippen LogP contribution >= 0.6 is 12.6 Å². The van der Waals surface area contributed by atoms with Crippen molar-refractivity contribution in [1.82, 2.24) is 0 Å². The average molecular weight is 251 g/mol. The lowest BCUT2D eigenvalue weighted by Gasteiger charge is -2.30. The molecule has 85 valence electrons. The van der Waals surface area contributed by atoms with Crippen LogP contribution in [0.25, 0.3) is 0 Å². The lowest BCUT2D eigenvalue weighted by atomic mass is 10.1. The summed E-state index contributed by atoms with van der Waals surface area (Å²) in [5, 5.41) is -5.88. The van der Waals surface area contributed by atoms with Crippen LogP contribution in [0.4, 0.5) is 39.5 Å². The van der Waals surface area contributed by atoms with Crippen molar-refractivity contribution >= 4 is 12.6 Å². The Morgan fingerprint density at radius 2 is 0.857 bits per heavy atom. The van der Waals surface area contributed by atoms with Gasteiger partial charge in [-0.1, -0.05) is 0 Å². The maximum atomic E-state index is 11.9. The first-order chi connectivity index (χ1) is 5.75.